The number of hydrogen-bond donors (Lipinski definition) is 3. The molecule has 0 bridgehead atoms. The Morgan fingerprint density at radius 3 is 2.94 bits per heavy atom. The number of hydrogen-bond acceptors (Lipinski definition) is 7. The molecule has 34 heavy (non-hydrogen) atoms. The van der Waals surface area contributed by atoms with E-state index in [9.17, 15) is 9.90 Å². The molecule has 10 heteroatoms. The summed E-state index contributed by atoms with van der Waals surface area (Å²) in [5.41, 5.74) is 3.29. The van der Waals surface area contributed by atoms with Gasteiger partial charge in [-0.2, -0.15) is 9.61 Å². The fraction of sp³-hybridized carbons (Fsp3) is 0.417. The maximum absolute atomic E-state index is 12.9. The molecule has 0 spiro atoms. The largest absolute Gasteiger partial charge is 0.389 e. The van der Waals surface area contributed by atoms with Crippen molar-refractivity contribution in [1.82, 2.24) is 29.5 Å². The molecule has 2 aliphatic rings. The molecule has 1 amide bonds. The number of ether oxygens (including phenoxy) is 1. The van der Waals surface area contributed by atoms with Crippen LogP contribution in [-0.2, 0) is 4.74 Å². The number of aromatic nitrogens is 5. The molecular formula is C24H27N7O3. The number of amides is 1. The van der Waals surface area contributed by atoms with Gasteiger partial charge in [-0.3, -0.25) is 4.79 Å². The van der Waals surface area contributed by atoms with Crippen LogP contribution in [0.15, 0.2) is 36.8 Å². The van der Waals surface area contributed by atoms with Gasteiger partial charge in [0.2, 0.25) is 0 Å². The van der Waals surface area contributed by atoms with Gasteiger partial charge in [-0.1, -0.05) is 6.92 Å². The molecule has 4 aromatic heterocycles. The zero-order chi connectivity index (χ0) is 23.4. The second kappa shape index (κ2) is 8.07. The Morgan fingerprint density at radius 2 is 2.18 bits per heavy atom. The SMILES string of the molecule is CNc1cc(-c2cn([C@H]3CCOC[C@@H]3O)c3ncccc23)nc2c(C(=O)N[C@@H]3C[C@@H]3C)cnn12. The maximum Gasteiger partial charge on any atom is 0.256 e. The van der Waals surface area contributed by atoms with E-state index >= 15 is 0 Å². The Morgan fingerprint density at radius 1 is 1.32 bits per heavy atom. The van der Waals surface area contributed by atoms with Crippen molar-refractivity contribution in [1.29, 1.82) is 0 Å². The first-order valence-electron chi connectivity index (χ1n) is 11.6. The number of rotatable bonds is 5. The Bertz CT molecular complexity index is 1390. The van der Waals surface area contributed by atoms with Gasteiger partial charge in [-0.15, -0.1) is 0 Å². The van der Waals surface area contributed by atoms with Gasteiger partial charge in [0.15, 0.2) is 5.65 Å². The number of aliphatic hydroxyl groups is 1. The number of pyridine rings is 1. The van der Waals surface area contributed by atoms with Crippen molar-refractivity contribution in [3.63, 3.8) is 0 Å². The van der Waals surface area contributed by atoms with Gasteiger partial charge in [0.25, 0.3) is 5.91 Å². The molecule has 0 aromatic carbocycles. The number of nitrogens with zero attached hydrogens (tertiary/aromatic N) is 5. The Hall–Kier alpha value is -3.50. The predicted molar refractivity (Wildman–Crippen MR) is 127 cm³/mol. The van der Waals surface area contributed by atoms with Gasteiger partial charge >= 0.3 is 0 Å². The van der Waals surface area contributed by atoms with E-state index in [1.165, 1.54) is 0 Å². The lowest BCUT2D eigenvalue weighted by molar-refractivity contribution is -0.0375. The summed E-state index contributed by atoms with van der Waals surface area (Å²) in [4.78, 5) is 22.4. The van der Waals surface area contributed by atoms with Crippen molar-refractivity contribution in [2.75, 3.05) is 25.6 Å². The maximum atomic E-state index is 12.9. The third-order valence-electron chi connectivity index (χ3n) is 6.91. The molecule has 176 valence electrons. The molecule has 4 atom stereocenters. The van der Waals surface area contributed by atoms with Gasteiger partial charge < -0.3 is 25.0 Å². The second-order valence-electron chi connectivity index (χ2n) is 9.19. The van der Waals surface area contributed by atoms with E-state index in [0.717, 1.165) is 28.8 Å². The van der Waals surface area contributed by atoms with Gasteiger partial charge in [0.05, 0.1) is 30.6 Å². The molecule has 1 aliphatic heterocycles. The van der Waals surface area contributed by atoms with Gasteiger partial charge in [0.1, 0.15) is 17.0 Å². The van der Waals surface area contributed by atoms with Crippen LogP contribution in [-0.4, -0.2) is 67.6 Å². The van der Waals surface area contributed by atoms with E-state index in [2.05, 4.69) is 27.6 Å². The first-order valence-corrected chi connectivity index (χ1v) is 11.6. The van der Waals surface area contributed by atoms with Crippen molar-refractivity contribution in [2.24, 2.45) is 5.92 Å². The Balaban J connectivity index is 1.49. The first-order chi connectivity index (χ1) is 16.5. The number of fused-ring (bicyclic) bond motifs is 2. The van der Waals surface area contributed by atoms with Crippen LogP contribution < -0.4 is 10.6 Å². The number of carbonyl (C=O) groups excluding carboxylic acids is 1. The molecule has 4 aromatic rings. The van der Waals surface area contributed by atoms with Gasteiger partial charge in [0, 0.05) is 49.1 Å². The summed E-state index contributed by atoms with van der Waals surface area (Å²) in [5, 5.41) is 22.2. The summed E-state index contributed by atoms with van der Waals surface area (Å²) < 4.78 is 9.10. The second-order valence-corrected chi connectivity index (χ2v) is 9.19. The number of nitrogens with one attached hydrogen (secondary N) is 2. The quantitative estimate of drug-likeness (QED) is 0.417. The topological polar surface area (TPSA) is 119 Å². The minimum absolute atomic E-state index is 0.135. The molecule has 0 radical (unpaired) electrons. The summed E-state index contributed by atoms with van der Waals surface area (Å²) in [5.74, 6) is 1.06. The first kappa shape index (κ1) is 21.1. The zero-order valence-electron chi connectivity index (χ0n) is 19.1. The third-order valence-corrected chi connectivity index (χ3v) is 6.91. The van der Waals surface area contributed by atoms with Crippen LogP contribution >= 0.6 is 0 Å². The Labute approximate surface area is 196 Å². The highest BCUT2D eigenvalue weighted by Crippen LogP contribution is 2.35. The van der Waals surface area contributed by atoms with Crippen LogP contribution in [0.5, 0.6) is 0 Å². The third kappa shape index (κ3) is 3.41. The lowest BCUT2D eigenvalue weighted by Crippen LogP contribution is -2.34. The van der Waals surface area contributed by atoms with E-state index in [1.54, 1.807) is 16.9 Å². The minimum atomic E-state index is -0.613. The van der Waals surface area contributed by atoms with Crippen molar-refractivity contribution in [3.05, 3.63) is 42.4 Å². The summed E-state index contributed by atoms with van der Waals surface area (Å²) in [7, 11) is 1.81. The van der Waals surface area contributed by atoms with E-state index < -0.39 is 6.10 Å². The lowest BCUT2D eigenvalue weighted by Gasteiger charge is -2.29. The molecule has 1 saturated carbocycles. The van der Waals surface area contributed by atoms with Crippen LogP contribution in [0.2, 0.25) is 0 Å². The van der Waals surface area contributed by atoms with E-state index in [0.29, 0.717) is 42.5 Å². The molecule has 1 saturated heterocycles. The molecule has 5 heterocycles. The van der Waals surface area contributed by atoms with Crippen LogP contribution in [0.1, 0.15) is 36.2 Å². The number of carbonyl (C=O) groups is 1. The zero-order valence-corrected chi connectivity index (χ0v) is 19.1. The molecule has 3 N–H and O–H groups in total. The summed E-state index contributed by atoms with van der Waals surface area (Å²) in [6.45, 7) is 3.01. The smallest absolute Gasteiger partial charge is 0.256 e. The normalized spacial score (nSPS) is 24.4. The number of anilines is 1. The van der Waals surface area contributed by atoms with Crippen molar-refractivity contribution >= 4 is 28.4 Å². The molecule has 6 rings (SSSR count). The summed E-state index contributed by atoms with van der Waals surface area (Å²) in [6, 6.07) is 5.89. The van der Waals surface area contributed by atoms with Gasteiger partial charge in [-0.25, -0.2) is 9.97 Å². The monoisotopic (exact) mass is 461 g/mol. The van der Waals surface area contributed by atoms with Crippen molar-refractivity contribution < 1.29 is 14.6 Å². The van der Waals surface area contributed by atoms with Crippen LogP contribution in [0.25, 0.3) is 27.9 Å². The highest BCUT2D eigenvalue weighted by molar-refractivity contribution is 6.01. The summed E-state index contributed by atoms with van der Waals surface area (Å²) in [6.07, 6.45) is 6.40. The van der Waals surface area contributed by atoms with E-state index in [1.807, 2.05) is 36.0 Å². The lowest BCUT2D eigenvalue weighted by atomic mass is 10.1. The fourth-order valence-corrected chi connectivity index (χ4v) is 4.78. The standard InChI is InChI=1S/C24H27N7O3/c1-13-8-17(13)29-24(33)15-10-27-31-21(25-2)9-18(28-23(15)31)16-11-30(19-5-7-34-12-20(19)32)22-14(16)4-3-6-26-22/h3-4,6,9-11,13,17,19-20,25,32H,5,7-8,12H2,1-2H3,(H,29,33)/t13-,17+,19-,20-/m0/s1. The molecular weight excluding hydrogens is 434 g/mol. The predicted octanol–water partition coefficient (Wildman–Crippen LogP) is 2.25. The van der Waals surface area contributed by atoms with Crippen molar-refractivity contribution in [2.45, 2.75) is 38.0 Å². The van der Waals surface area contributed by atoms with Crippen LogP contribution in [0, 0.1) is 5.92 Å². The van der Waals surface area contributed by atoms with Gasteiger partial charge in [-0.05, 0) is 30.9 Å². The van der Waals surface area contributed by atoms with Crippen molar-refractivity contribution in [3.8, 4) is 11.3 Å². The number of aliphatic hydroxyl groups excluding tert-OH is 1. The minimum Gasteiger partial charge on any atom is -0.389 e. The van der Waals surface area contributed by atoms with Crippen LogP contribution in [0.4, 0.5) is 5.82 Å². The summed E-state index contributed by atoms with van der Waals surface area (Å²) >= 11 is 0. The Kier molecular flexibility index (Phi) is 5.00. The molecule has 10 nitrogen and oxygen atoms in total. The highest BCUT2D eigenvalue weighted by Gasteiger charge is 2.35. The average Bonchev–Trinajstić information content (AvgIpc) is 3.23. The van der Waals surface area contributed by atoms with E-state index in [4.69, 9.17) is 9.72 Å². The van der Waals surface area contributed by atoms with E-state index in [-0.39, 0.29) is 18.0 Å². The molecule has 1 aliphatic carbocycles. The molecule has 0 unspecified atom stereocenters. The molecule has 2 fully saturated rings. The highest BCUT2D eigenvalue weighted by atomic mass is 16.5. The van der Waals surface area contributed by atoms with Crippen LogP contribution in [0.3, 0.4) is 0 Å². The fourth-order valence-electron chi connectivity index (χ4n) is 4.78. The average molecular weight is 462 g/mol.